The minimum Gasteiger partial charge on any atom is -0.493 e. The second-order valence-electron chi connectivity index (χ2n) is 9.03. The fraction of sp³-hybridized carbons (Fsp3) is 0.385. The Balaban J connectivity index is 1.43. The molecule has 5 rings (SSSR count). The summed E-state index contributed by atoms with van der Waals surface area (Å²) in [5.41, 5.74) is 2.87. The van der Waals surface area contributed by atoms with Gasteiger partial charge < -0.3 is 14.4 Å². The SMILES string of the molecule is COc1ccc(-c2cc(C(=O)N3CCN([C@H]4CCS(=O)(=O)C4)CC3)c3ccccc3n2)cc1OC. The zero-order chi connectivity index (χ0) is 24.6. The molecule has 9 heteroatoms. The van der Waals surface area contributed by atoms with Crippen molar-refractivity contribution in [1.29, 1.82) is 0 Å². The summed E-state index contributed by atoms with van der Waals surface area (Å²) in [7, 11) is 0.251. The molecule has 2 fully saturated rings. The van der Waals surface area contributed by atoms with Crippen LogP contribution in [0, 0.1) is 0 Å². The van der Waals surface area contributed by atoms with Gasteiger partial charge in [0.2, 0.25) is 0 Å². The van der Waals surface area contributed by atoms with Crippen molar-refractivity contribution in [3.05, 3.63) is 54.1 Å². The number of hydrogen-bond donors (Lipinski definition) is 0. The molecular formula is C26H29N3O5S. The number of nitrogens with zero attached hydrogens (tertiary/aromatic N) is 3. The van der Waals surface area contributed by atoms with E-state index in [4.69, 9.17) is 14.5 Å². The number of methoxy groups -OCH3 is 2. The van der Waals surface area contributed by atoms with E-state index >= 15 is 0 Å². The Morgan fingerprint density at radius 1 is 0.971 bits per heavy atom. The van der Waals surface area contributed by atoms with E-state index in [1.165, 1.54) is 0 Å². The molecule has 1 atom stereocenters. The molecule has 0 N–H and O–H groups in total. The van der Waals surface area contributed by atoms with Gasteiger partial charge in [-0.2, -0.15) is 0 Å². The van der Waals surface area contributed by atoms with Gasteiger partial charge in [0.25, 0.3) is 5.91 Å². The minimum atomic E-state index is -2.93. The van der Waals surface area contributed by atoms with Crippen LogP contribution in [0.15, 0.2) is 48.5 Å². The lowest BCUT2D eigenvalue weighted by molar-refractivity contribution is 0.0589. The zero-order valence-corrected chi connectivity index (χ0v) is 20.8. The summed E-state index contributed by atoms with van der Waals surface area (Å²) in [6.45, 7) is 2.49. The van der Waals surface area contributed by atoms with Gasteiger partial charge in [-0.05, 0) is 36.8 Å². The van der Waals surface area contributed by atoms with Crippen LogP contribution in [0.25, 0.3) is 22.2 Å². The standard InChI is InChI=1S/C26H29N3O5S/c1-33-24-8-7-18(15-25(24)34-2)23-16-21(20-5-3-4-6-22(20)27-23)26(30)29-12-10-28(11-13-29)19-9-14-35(31,32)17-19/h3-8,15-16,19H,9-14,17H2,1-2H3/t19-/m0/s1. The van der Waals surface area contributed by atoms with Crippen LogP contribution < -0.4 is 9.47 Å². The van der Waals surface area contributed by atoms with E-state index in [1.54, 1.807) is 14.2 Å². The molecule has 2 aromatic carbocycles. The molecule has 2 saturated heterocycles. The maximum absolute atomic E-state index is 13.7. The highest BCUT2D eigenvalue weighted by atomic mass is 32.2. The molecule has 35 heavy (non-hydrogen) atoms. The number of piperazine rings is 1. The lowest BCUT2D eigenvalue weighted by Gasteiger charge is -2.37. The van der Waals surface area contributed by atoms with Crippen molar-refractivity contribution in [1.82, 2.24) is 14.8 Å². The monoisotopic (exact) mass is 495 g/mol. The van der Waals surface area contributed by atoms with Crippen molar-refractivity contribution in [3.63, 3.8) is 0 Å². The molecule has 3 heterocycles. The first-order valence-corrected chi connectivity index (χ1v) is 13.6. The number of pyridine rings is 1. The number of fused-ring (bicyclic) bond motifs is 1. The molecule has 3 aromatic rings. The van der Waals surface area contributed by atoms with E-state index in [-0.39, 0.29) is 23.5 Å². The molecule has 0 spiro atoms. The van der Waals surface area contributed by atoms with Gasteiger partial charge in [-0.25, -0.2) is 13.4 Å². The summed E-state index contributed by atoms with van der Waals surface area (Å²) in [5, 5.41) is 0.811. The Morgan fingerprint density at radius 3 is 2.40 bits per heavy atom. The second kappa shape index (κ2) is 9.47. The molecule has 184 valence electrons. The van der Waals surface area contributed by atoms with Crippen LogP contribution in [-0.4, -0.2) is 87.1 Å². The fourth-order valence-corrected chi connectivity index (χ4v) is 6.78. The number of amides is 1. The smallest absolute Gasteiger partial charge is 0.254 e. The van der Waals surface area contributed by atoms with Gasteiger partial charge in [0.05, 0.1) is 42.5 Å². The van der Waals surface area contributed by atoms with E-state index in [1.807, 2.05) is 53.4 Å². The van der Waals surface area contributed by atoms with E-state index in [9.17, 15) is 13.2 Å². The summed E-state index contributed by atoms with van der Waals surface area (Å²) in [5.74, 6) is 1.67. The summed E-state index contributed by atoms with van der Waals surface area (Å²) in [6, 6.07) is 15.2. The number of hydrogen-bond acceptors (Lipinski definition) is 7. The molecule has 2 aliphatic rings. The highest BCUT2D eigenvalue weighted by Gasteiger charge is 2.34. The lowest BCUT2D eigenvalue weighted by Crippen LogP contribution is -2.52. The Bertz CT molecular complexity index is 1370. The van der Waals surface area contributed by atoms with Crippen LogP contribution in [-0.2, 0) is 9.84 Å². The molecule has 0 bridgehead atoms. The van der Waals surface area contributed by atoms with Gasteiger partial charge >= 0.3 is 0 Å². The number of benzene rings is 2. The maximum Gasteiger partial charge on any atom is 0.254 e. The number of carbonyl (C=O) groups is 1. The minimum absolute atomic E-state index is 0.0379. The van der Waals surface area contributed by atoms with Crippen LogP contribution in [0.3, 0.4) is 0 Å². The normalized spacial score (nSPS) is 20.2. The van der Waals surface area contributed by atoms with E-state index < -0.39 is 9.84 Å². The van der Waals surface area contributed by atoms with Gasteiger partial charge in [0.15, 0.2) is 21.3 Å². The van der Waals surface area contributed by atoms with Crippen molar-refractivity contribution in [2.45, 2.75) is 12.5 Å². The molecule has 0 unspecified atom stereocenters. The van der Waals surface area contributed by atoms with Crippen molar-refractivity contribution >= 4 is 26.6 Å². The van der Waals surface area contributed by atoms with Crippen molar-refractivity contribution < 1.29 is 22.7 Å². The zero-order valence-electron chi connectivity index (χ0n) is 19.9. The number of rotatable bonds is 5. The Labute approximate surface area is 205 Å². The summed E-state index contributed by atoms with van der Waals surface area (Å²) < 4.78 is 34.6. The average molecular weight is 496 g/mol. The molecule has 2 aliphatic heterocycles. The van der Waals surface area contributed by atoms with Crippen LogP contribution in [0.2, 0.25) is 0 Å². The van der Waals surface area contributed by atoms with Crippen molar-refractivity contribution in [2.24, 2.45) is 0 Å². The summed E-state index contributed by atoms with van der Waals surface area (Å²) >= 11 is 0. The van der Waals surface area contributed by atoms with Crippen LogP contribution in [0.5, 0.6) is 11.5 Å². The third-order valence-electron chi connectivity index (χ3n) is 6.95. The topological polar surface area (TPSA) is 89.0 Å². The second-order valence-corrected chi connectivity index (χ2v) is 11.3. The number of carbonyl (C=O) groups excluding carboxylic acids is 1. The predicted octanol–water partition coefficient (Wildman–Crippen LogP) is 2.86. The van der Waals surface area contributed by atoms with E-state index in [2.05, 4.69) is 4.90 Å². The van der Waals surface area contributed by atoms with Gasteiger partial charge in [0.1, 0.15) is 0 Å². The average Bonchev–Trinajstić information content (AvgIpc) is 3.26. The first kappa shape index (κ1) is 23.6. The largest absolute Gasteiger partial charge is 0.493 e. The summed E-state index contributed by atoms with van der Waals surface area (Å²) in [6.07, 6.45) is 0.681. The first-order chi connectivity index (χ1) is 16.9. The predicted molar refractivity (Wildman–Crippen MR) is 135 cm³/mol. The van der Waals surface area contributed by atoms with Gasteiger partial charge in [-0.1, -0.05) is 18.2 Å². The van der Waals surface area contributed by atoms with Crippen LogP contribution in [0.1, 0.15) is 16.8 Å². The first-order valence-electron chi connectivity index (χ1n) is 11.7. The van der Waals surface area contributed by atoms with Crippen LogP contribution in [0.4, 0.5) is 0 Å². The molecule has 0 saturated carbocycles. The third-order valence-corrected chi connectivity index (χ3v) is 8.70. The van der Waals surface area contributed by atoms with Crippen molar-refractivity contribution in [2.75, 3.05) is 51.9 Å². The Kier molecular flexibility index (Phi) is 6.37. The molecule has 1 aromatic heterocycles. The summed E-state index contributed by atoms with van der Waals surface area (Å²) in [4.78, 5) is 22.6. The van der Waals surface area contributed by atoms with E-state index in [0.717, 1.165) is 16.5 Å². The molecular weight excluding hydrogens is 466 g/mol. The molecule has 1 amide bonds. The van der Waals surface area contributed by atoms with Gasteiger partial charge in [0, 0.05) is 43.2 Å². The van der Waals surface area contributed by atoms with Crippen molar-refractivity contribution in [3.8, 4) is 22.8 Å². The van der Waals surface area contributed by atoms with Crippen LogP contribution >= 0.6 is 0 Å². The molecule has 0 radical (unpaired) electrons. The maximum atomic E-state index is 13.7. The Hall–Kier alpha value is -3.17. The van der Waals surface area contributed by atoms with E-state index in [0.29, 0.717) is 55.4 Å². The fourth-order valence-electron chi connectivity index (χ4n) is 5.02. The third kappa shape index (κ3) is 4.70. The lowest BCUT2D eigenvalue weighted by atomic mass is 10.0. The quantitative estimate of drug-likeness (QED) is 0.538. The highest BCUT2D eigenvalue weighted by molar-refractivity contribution is 7.91. The number of sulfone groups is 1. The molecule has 8 nitrogen and oxygen atoms in total. The van der Waals surface area contributed by atoms with Gasteiger partial charge in [-0.15, -0.1) is 0 Å². The van der Waals surface area contributed by atoms with Gasteiger partial charge in [-0.3, -0.25) is 9.69 Å². The highest BCUT2D eigenvalue weighted by Crippen LogP contribution is 2.33. The molecule has 0 aliphatic carbocycles. The number of aromatic nitrogens is 1. The Morgan fingerprint density at radius 2 is 1.71 bits per heavy atom. The number of para-hydroxylation sites is 1. The number of ether oxygens (including phenoxy) is 2.